The van der Waals surface area contributed by atoms with Crippen molar-refractivity contribution in [1.29, 1.82) is 0 Å². The van der Waals surface area contributed by atoms with Crippen molar-refractivity contribution < 1.29 is 14.3 Å². The van der Waals surface area contributed by atoms with Gasteiger partial charge in [-0.05, 0) is 40.8 Å². The van der Waals surface area contributed by atoms with Gasteiger partial charge in [0.2, 0.25) is 11.8 Å². The molecule has 38 heavy (non-hydrogen) atoms. The second kappa shape index (κ2) is 13.8. The highest BCUT2D eigenvalue weighted by atomic mass is 16.5. The number of hydrogen-bond acceptors (Lipinski definition) is 3. The highest BCUT2D eigenvalue weighted by molar-refractivity contribution is 5.88. The summed E-state index contributed by atoms with van der Waals surface area (Å²) in [6.07, 6.45) is 1.37. The SMILES string of the molecule is COc1ccc(CN(C(=O)Cc2ccccc2)[C@H](Cc2ccccc2)C(=O)NCCc2ccccc2)cc1. The van der Waals surface area contributed by atoms with Crippen LogP contribution in [0.25, 0.3) is 0 Å². The van der Waals surface area contributed by atoms with Crippen LogP contribution >= 0.6 is 0 Å². The van der Waals surface area contributed by atoms with Crippen molar-refractivity contribution >= 4 is 11.8 Å². The van der Waals surface area contributed by atoms with Crippen LogP contribution in [0.5, 0.6) is 5.75 Å². The molecule has 1 N–H and O–H groups in total. The summed E-state index contributed by atoms with van der Waals surface area (Å²) in [6.45, 7) is 0.816. The van der Waals surface area contributed by atoms with Crippen LogP contribution in [0.4, 0.5) is 0 Å². The van der Waals surface area contributed by atoms with Gasteiger partial charge in [0.15, 0.2) is 0 Å². The van der Waals surface area contributed by atoms with Crippen LogP contribution in [0, 0.1) is 0 Å². The first-order valence-corrected chi connectivity index (χ1v) is 12.9. The van der Waals surface area contributed by atoms with E-state index in [1.165, 1.54) is 0 Å². The number of ether oxygens (including phenoxy) is 1. The summed E-state index contributed by atoms with van der Waals surface area (Å²) in [4.78, 5) is 29.2. The molecule has 4 aromatic rings. The van der Waals surface area contributed by atoms with E-state index < -0.39 is 6.04 Å². The Morgan fingerprint density at radius 3 is 1.84 bits per heavy atom. The number of benzene rings is 4. The van der Waals surface area contributed by atoms with Gasteiger partial charge in [0.05, 0.1) is 13.5 Å². The molecule has 0 aliphatic carbocycles. The van der Waals surface area contributed by atoms with Gasteiger partial charge in [-0.1, -0.05) is 103 Å². The second-order valence-corrected chi connectivity index (χ2v) is 9.26. The molecule has 0 heterocycles. The van der Waals surface area contributed by atoms with E-state index in [4.69, 9.17) is 4.74 Å². The van der Waals surface area contributed by atoms with Crippen LogP contribution in [-0.4, -0.2) is 36.4 Å². The Kier molecular flexibility index (Phi) is 9.69. The standard InChI is InChI=1S/C33H34N2O3/c1-38-30-19-17-29(18-20-30)25-35(32(36)24-28-15-9-4-10-16-28)31(23-27-13-7-3-8-14-27)33(37)34-22-21-26-11-5-2-6-12-26/h2-20,31H,21-25H2,1H3,(H,34,37)/t31-/m1/s1. The smallest absolute Gasteiger partial charge is 0.243 e. The number of hydrogen-bond donors (Lipinski definition) is 1. The monoisotopic (exact) mass is 506 g/mol. The van der Waals surface area contributed by atoms with Gasteiger partial charge in [-0.25, -0.2) is 0 Å². The fourth-order valence-electron chi connectivity index (χ4n) is 4.45. The maximum Gasteiger partial charge on any atom is 0.243 e. The largest absolute Gasteiger partial charge is 0.497 e. The molecule has 194 valence electrons. The Labute approximate surface area is 225 Å². The predicted molar refractivity (Wildman–Crippen MR) is 151 cm³/mol. The molecule has 5 nitrogen and oxygen atoms in total. The van der Waals surface area contributed by atoms with Crippen LogP contribution in [-0.2, 0) is 35.4 Å². The van der Waals surface area contributed by atoms with Crippen molar-refractivity contribution in [3.63, 3.8) is 0 Å². The third-order valence-corrected chi connectivity index (χ3v) is 6.54. The van der Waals surface area contributed by atoms with Crippen molar-refractivity contribution in [1.82, 2.24) is 10.2 Å². The molecule has 0 aliphatic heterocycles. The molecule has 4 rings (SSSR count). The molecule has 4 aromatic carbocycles. The zero-order chi connectivity index (χ0) is 26.6. The molecule has 0 aromatic heterocycles. The van der Waals surface area contributed by atoms with Gasteiger partial charge < -0.3 is 15.0 Å². The number of rotatable bonds is 12. The summed E-state index contributed by atoms with van der Waals surface area (Å²) in [5, 5.41) is 3.10. The second-order valence-electron chi connectivity index (χ2n) is 9.26. The Morgan fingerprint density at radius 1 is 0.711 bits per heavy atom. The third kappa shape index (κ3) is 7.81. The van der Waals surface area contributed by atoms with Crippen molar-refractivity contribution in [3.05, 3.63) is 138 Å². The van der Waals surface area contributed by atoms with E-state index >= 15 is 0 Å². The summed E-state index contributed by atoms with van der Waals surface area (Å²) >= 11 is 0. The maximum atomic E-state index is 13.8. The average Bonchev–Trinajstić information content (AvgIpc) is 2.96. The quantitative estimate of drug-likeness (QED) is 0.286. The fourth-order valence-corrected chi connectivity index (χ4v) is 4.45. The maximum absolute atomic E-state index is 13.8. The average molecular weight is 507 g/mol. The Bertz CT molecular complexity index is 1280. The summed E-state index contributed by atoms with van der Waals surface area (Å²) in [5.41, 5.74) is 4.01. The number of methoxy groups -OCH3 is 1. The summed E-state index contributed by atoms with van der Waals surface area (Å²) in [6, 6.07) is 36.6. The molecule has 1 atom stereocenters. The van der Waals surface area contributed by atoms with Gasteiger partial charge in [0.1, 0.15) is 11.8 Å². The van der Waals surface area contributed by atoms with E-state index in [1.807, 2.05) is 115 Å². The number of carbonyl (C=O) groups is 2. The van der Waals surface area contributed by atoms with Crippen molar-refractivity contribution in [3.8, 4) is 5.75 Å². The van der Waals surface area contributed by atoms with Crippen LogP contribution in [0.1, 0.15) is 22.3 Å². The Hall–Kier alpha value is -4.38. The zero-order valence-electron chi connectivity index (χ0n) is 21.8. The van der Waals surface area contributed by atoms with E-state index in [-0.39, 0.29) is 18.2 Å². The fraction of sp³-hybridized carbons (Fsp3) is 0.212. The Morgan fingerprint density at radius 2 is 1.26 bits per heavy atom. The summed E-state index contributed by atoms with van der Waals surface area (Å²) in [7, 11) is 1.63. The molecule has 0 radical (unpaired) electrons. The number of nitrogens with zero attached hydrogens (tertiary/aromatic N) is 1. The normalized spacial score (nSPS) is 11.4. The highest BCUT2D eigenvalue weighted by Crippen LogP contribution is 2.19. The lowest BCUT2D eigenvalue weighted by Gasteiger charge is -2.32. The molecule has 0 unspecified atom stereocenters. The summed E-state index contributed by atoms with van der Waals surface area (Å²) in [5.74, 6) is 0.501. The van der Waals surface area contributed by atoms with E-state index in [0.717, 1.165) is 34.4 Å². The van der Waals surface area contributed by atoms with Crippen LogP contribution < -0.4 is 10.1 Å². The van der Waals surface area contributed by atoms with Gasteiger partial charge in [0, 0.05) is 19.5 Å². The third-order valence-electron chi connectivity index (χ3n) is 6.54. The van der Waals surface area contributed by atoms with E-state index in [2.05, 4.69) is 5.32 Å². The lowest BCUT2D eigenvalue weighted by atomic mass is 10.0. The first kappa shape index (κ1) is 26.7. The zero-order valence-corrected chi connectivity index (χ0v) is 21.8. The molecule has 0 saturated carbocycles. The van der Waals surface area contributed by atoms with Gasteiger partial charge >= 0.3 is 0 Å². The van der Waals surface area contributed by atoms with Crippen LogP contribution in [0.3, 0.4) is 0 Å². The molecule has 0 aliphatic rings. The predicted octanol–water partition coefficient (Wildman–Crippen LogP) is 5.24. The number of amides is 2. The summed E-state index contributed by atoms with van der Waals surface area (Å²) < 4.78 is 5.30. The van der Waals surface area contributed by atoms with Crippen LogP contribution in [0.15, 0.2) is 115 Å². The first-order chi connectivity index (χ1) is 18.6. The minimum Gasteiger partial charge on any atom is -0.497 e. The minimum atomic E-state index is -0.661. The lowest BCUT2D eigenvalue weighted by molar-refractivity contribution is -0.140. The van der Waals surface area contributed by atoms with Crippen LogP contribution in [0.2, 0.25) is 0 Å². The first-order valence-electron chi connectivity index (χ1n) is 12.9. The molecular formula is C33H34N2O3. The lowest BCUT2D eigenvalue weighted by Crippen LogP contribution is -2.51. The molecule has 0 saturated heterocycles. The molecule has 5 heteroatoms. The van der Waals surface area contributed by atoms with Crippen molar-refractivity contribution in [2.45, 2.75) is 31.8 Å². The van der Waals surface area contributed by atoms with Crippen molar-refractivity contribution in [2.75, 3.05) is 13.7 Å². The molecular weight excluding hydrogens is 472 g/mol. The van der Waals surface area contributed by atoms with Gasteiger partial charge in [-0.3, -0.25) is 9.59 Å². The van der Waals surface area contributed by atoms with Gasteiger partial charge in [0.25, 0.3) is 0 Å². The molecule has 0 spiro atoms. The minimum absolute atomic E-state index is 0.0915. The number of nitrogens with one attached hydrogen (secondary N) is 1. The Balaban J connectivity index is 1.60. The highest BCUT2D eigenvalue weighted by Gasteiger charge is 2.30. The van der Waals surface area contributed by atoms with Gasteiger partial charge in [-0.15, -0.1) is 0 Å². The molecule has 0 bridgehead atoms. The van der Waals surface area contributed by atoms with Gasteiger partial charge in [-0.2, -0.15) is 0 Å². The topological polar surface area (TPSA) is 58.6 Å². The number of carbonyl (C=O) groups excluding carboxylic acids is 2. The molecule has 0 fully saturated rings. The molecule has 2 amide bonds. The van der Waals surface area contributed by atoms with E-state index in [9.17, 15) is 9.59 Å². The van der Waals surface area contributed by atoms with Crippen molar-refractivity contribution in [2.24, 2.45) is 0 Å². The van der Waals surface area contributed by atoms with E-state index in [0.29, 0.717) is 19.5 Å². The van der Waals surface area contributed by atoms with E-state index in [1.54, 1.807) is 12.0 Å².